The van der Waals surface area contributed by atoms with Crippen LogP contribution in [0.4, 0.5) is 0 Å². The molecule has 0 radical (unpaired) electrons. The van der Waals surface area contributed by atoms with Gasteiger partial charge in [-0.15, -0.1) is 0 Å². The fourth-order valence-electron chi connectivity index (χ4n) is 3.69. The molecule has 4 rings (SSSR count). The lowest BCUT2D eigenvalue weighted by atomic mass is 10.1. The topological polar surface area (TPSA) is 85.9 Å². The maximum Gasteiger partial charge on any atom is 0.246 e. The highest BCUT2D eigenvalue weighted by atomic mass is 32.2. The molecule has 1 aliphatic heterocycles. The van der Waals surface area contributed by atoms with E-state index in [0.717, 1.165) is 36.4 Å². The van der Waals surface area contributed by atoms with Crippen LogP contribution in [0.1, 0.15) is 38.4 Å². The third-order valence-electron chi connectivity index (χ3n) is 5.07. The third kappa shape index (κ3) is 3.14. The van der Waals surface area contributed by atoms with Crippen LogP contribution >= 0.6 is 0 Å². The number of hydrogen-bond donors (Lipinski definition) is 0. The van der Waals surface area contributed by atoms with Gasteiger partial charge in [-0.3, -0.25) is 4.68 Å². The van der Waals surface area contributed by atoms with Crippen molar-refractivity contribution in [3.63, 3.8) is 0 Å². The molecule has 0 saturated carbocycles. The number of nitrogens with zero attached hydrogens (tertiary/aromatic N) is 6. The minimum Gasteiger partial charge on any atom is -0.312 e. The normalized spacial score (nSPS) is 18.5. The van der Waals surface area contributed by atoms with Crippen molar-refractivity contribution in [2.45, 2.75) is 50.6 Å². The second kappa shape index (κ2) is 7.05. The van der Waals surface area contributed by atoms with Crippen molar-refractivity contribution in [2.75, 3.05) is 13.1 Å². The molecule has 0 unspecified atom stereocenters. The van der Waals surface area contributed by atoms with Gasteiger partial charge in [-0.1, -0.05) is 6.92 Å². The van der Waals surface area contributed by atoms with E-state index in [1.54, 1.807) is 21.4 Å². The second-order valence-corrected chi connectivity index (χ2v) is 8.79. The van der Waals surface area contributed by atoms with Gasteiger partial charge in [-0.05, 0) is 31.9 Å². The highest BCUT2D eigenvalue weighted by Gasteiger charge is 2.36. The lowest BCUT2D eigenvalue weighted by Gasteiger charge is -2.16. The lowest BCUT2D eigenvalue weighted by Crippen LogP contribution is -2.28. The maximum atomic E-state index is 13.0. The number of rotatable bonds is 6. The zero-order valence-corrected chi connectivity index (χ0v) is 16.4. The van der Waals surface area contributed by atoms with Gasteiger partial charge in [0.15, 0.2) is 5.65 Å². The van der Waals surface area contributed by atoms with Crippen molar-refractivity contribution in [1.29, 1.82) is 0 Å². The standard InChI is InChI=1S/C18H24N6O2S/c1-3-9-24-17(21-16-6-5-8-19-18(16)24)14-7-10-23(12-14)27(25,26)15-11-20-22(4-2)13-15/h5-6,8,11,13-14H,3-4,7,9-10,12H2,1-2H3/t14-/m0/s1. The molecule has 144 valence electrons. The van der Waals surface area contributed by atoms with Crippen LogP contribution in [0.2, 0.25) is 0 Å². The smallest absolute Gasteiger partial charge is 0.246 e. The molecule has 1 aliphatic rings. The summed E-state index contributed by atoms with van der Waals surface area (Å²) in [4.78, 5) is 9.52. The third-order valence-corrected chi connectivity index (χ3v) is 6.89. The Morgan fingerprint density at radius 1 is 1.30 bits per heavy atom. The first-order valence-electron chi connectivity index (χ1n) is 9.38. The number of pyridine rings is 1. The zero-order chi connectivity index (χ0) is 19.0. The molecule has 1 atom stereocenters. The molecule has 8 nitrogen and oxygen atoms in total. The fraction of sp³-hybridized carbons (Fsp3) is 0.500. The van der Waals surface area contributed by atoms with E-state index in [-0.39, 0.29) is 10.8 Å². The quantitative estimate of drug-likeness (QED) is 0.646. The van der Waals surface area contributed by atoms with Crippen LogP contribution in [0.5, 0.6) is 0 Å². The Labute approximate surface area is 158 Å². The molecule has 1 saturated heterocycles. The molecular weight excluding hydrogens is 364 g/mol. The van der Waals surface area contributed by atoms with Gasteiger partial charge in [-0.2, -0.15) is 9.40 Å². The first-order valence-corrected chi connectivity index (χ1v) is 10.8. The summed E-state index contributed by atoms with van der Waals surface area (Å²) in [6.07, 6.45) is 6.53. The maximum absolute atomic E-state index is 13.0. The average molecular weight is 388 g/mol. The van der Waals surface area contributed by atoms with Gasteiger partial charge in [0.1, 0.15) is 16.2 Å². The molecule has 3 aromatic rings. The molecule has 27 heavy (non-hydrogen) atoms. The van der Waals surface area contributed by atoms with Crippen LogP contribution in [0.25, 0.3) is 11.2 Å². The minimum atomic E-state index is -3.53. The summed E-state index contributed by atoms with van der Waals surface area (Å²) in [6.45, 7) is 6.46. The van der Waals surface area contributed by atoms with Crippen molar-refractivity contribution in [1.82, 2.24) is 28.6 Å². The van der Waals surface area contributed by atoms with Crippen LogP contribution < -0.4 is 0 Å². The predicted octanol–water partition coefficient (Wildman–Crippen LogP) is 2.24. The molecule has 1 fully saturated rings. The molecular formula is C18H24N6O2S. The summed E-state index contributed by atoms with van der Waals surface area (Å²) in [5.41, 5.74) is 1.74. The van der Waals surface area contributed by atoms with E-state index in [9.17, 15) is 8.42 Å². The second-order valence-electron chi connectivity index (χ2n) is 6.85. The number of aryl methyl sites for hydroxylation is 2. The van der Waals surface area contributed by atoms with E-state index >= 15 is 0 Å². The van der Waals surface area contributed by atoms with E-state index in [4.69, 9.17) is 4.98 Å². The first-order chi connectivity index (χ1) is 13.0. The Morgan fingerprint density at radius 3 is 2.89 bits per heavy atom. The minimum absolute atomic E-state index is 0.0711. The van der Waals surface area contributed by atoms with Gasteiger partial charge < -0.3 is 4.57 Å². The number of hydrogen-bond acceptors (Lipinski definition) is 5. The first kappa shape index (κ1) is 18.1. The Kier molecular flexibility index (Phi) is 4.73. The van der Waals surface area contributed by atoms with Crippen molar-refractivity contribution in [2.24, 2.45) is 0 Å². The van der Waals surface area contributed by atoms with Crippen molar-refractivity contribution in [3.8, 4) is 0 Å². The van der Waals surface area contributed by atoms with Gasteiger partial charge in [-0.25, -0.2) is 18.4 Å². The molecule has 9 heteroatoms. The summed E-state index contributed by atoms with van der Waals surface area (Å²) in [5.74, 6) is 1.01. The summed E-state index contributed by atoms with van der Waals surface area (Å²) < 4.78 is 31.2. The molecule has 0 bridgehead atoms. The largest absolute Gasteiger partial charge is 0.312 e. The van der Waals surface area contributed by atoms with Crippen LogP contribution in [0, 0.1) is 0 Å². The summed E-state index contributed by atoms with van der Waals surface area (Å²) in [5, 5.41) is 4.10. The van der Waals surface area contributed by atoms with E-state index in [2.05, 4.69) is 21.6 Å². The van der Waals surface area contributed by atoms with Crippen LogP contribution in [-0.4, -0.2) is 50.1 Å². The average Bonchev–Trinajstić information content (AvgIpc) is 3.40. The van der Waals surface area contributed by atoms with Crippen LogP contribution in [0.3, 0.4) is 0 Å². The molecule has 0 amide bonds. The summed E-state index contributed by atoms with van der Waals surface area (Å²) in [6, 6.07) is 3.84. The predicted molar refractivity (Wildman–Crippen MR) is 102 cm³/mol. The van der Waals surface area contributed by atoms with Crippen molar-refractivity contribution < 1.29 is 8.42 Å². The molecule has 0 aliphatic carbocycles. The highest BCUT2D eigenvalue weighted by Crippen LogP contribution is 2.32. The Balaban J connectivity index is 1.63. The van der Waals surface area contributed by atoms with Gasteiger partial charge >= 0.3 is 0 Å². The summed E-state index contributed by atoms with van der Waals surface area (Å²) >= 11 is 0. The summed E-state index contributed by atoms with van der Waals surface area (Å²) in [7, 11) is -3.53. The van der Waals surface area contributed by atoms with Gasteiger partial charge in [0.05, 0.1) is 6.20 Å². The fourth-order valence-corrected chi connectivity index (χ4v) is 5.14. The van der Waals surface area contributed by atoms with Gasteiger partial charge in [0.25, 0.3) is 0 Å². The Bertz CT molecular complexity index is 1050. The number of fused-ring (bicyclic) bond motifs is 1. The SMILES string of the molecule is CCCn1c([C@H]2CCN(S(=O)(=O)c3cnn(CC)c3)C2)nc2cccnc21. The van der Waals surface area contributed by atoms with Crippen molar-refractivity contribution >= 4 is 21.2 Å². The monoisotopic (exact) mass is 388 g/mol. The zero-order valence-electron chi connectivity index (χ0n) is 15.6. The van der Waals surface area contributed by atoms with Crippen LogP contribution in [0.15, 0.2) is 35.6 Å². The van der Waals surface area contributed by atoms with E-state index in [0.29, 0.717) is 19.6 Å². The molecule has 4 heterocycles. The molecule has 0 spiro atoms. The molecule has 0 N–H and O–H groups in total. The van der Waals surface area contributed by atoms with E-state index in [1.165, 1.54) is 6.20 Å². The lowest BCUT2D eigenvalue weighted by molar-refractivity contribution is 0.468. The number of imidazole rings is 1. The van der Waals surface area contributed by atoms with Gasteiger partial charge in [0, 0.05) is 44.5 Å². The molecule has 3 aromatic heterocycles. The Morgan fingerprint density at radius 2 is 2.15 bits per heavy atom. The van der Waals surface area contributed by atoms with Crippen LogP contribution in [-0.2, 0) is 23.1 Å². The van der Waals surface area contributed by atoms with Crippen molar-refractivity contribution in [3.05, 3.63) is 36.5 Å². The Hall–Kier alpha value is -2.26. The number of aromatic nitrogens is 5. The van der Waals surface area contributed by atoms with E-state index < -0.39 is 10.0 Å². The highest BCUT2D eigenvalue weighted by molar-refractivity contribution is 7.89. The van der Waals surface area contributed by atoms with Gasteiger partial charge in [0.2, 0.25) is 10.0 Å². The molecule has 0 aromatic carbocycles. The van der Waals surface area contributed by atoms with E-state index in [1.807, 2.05) is 19.1 Å². The number of sulfonamides is 1.